The Morgan fingerprint density at radius 1 is 1.19 bits per heavy atom. The fourth-order valence-electron chi connectivity index (χ4n) is 2.60. The van der Waals surface area contributed by atoms with Gasteiger partial charge in [0.25, 0.3) is 0 Å². The third kappa shape index (κ3) is 3.60. The van der Waals surface area contributed by atoms with E-state index < -0.39 is 0 Å². The van der Waals surface area contributed by atoms with Crippen LogP contribution in [0.1, 0.15) is 29.7 Å². The fourth-order valence-corrected chi connectivity index (χ4v) is 3.23. The zero-order chi connectivity index (χ0) is 15.2. The van der Waals surface area contributed by atoms with Crippen molar-refractivity contribution >= 4 is 11.8 Å². The minimum Gasteiger partial charge on any atom is -0.496 e. The lowest BCUT2D eigenvalue weighted by molar-refractivity contribution is 0.411. The van der Waals surface area contributed by atoms with Crippen LogP contribution in [0.15, 0.2) is 47.4 Å². The van der Waals surface area contributed by atoms with Gasteiger partial charge in [-0.3, -0.25) is 0 Å². The largest absolute Gasteiger partial charge is 0.496 e. The highest BCUT2D eigenvalue weighted by atomic mass is 32.2. The molecule has 0 aromatic heterocycles. The number of thioether (sulfide) groups is 1. The third-order valence-electron chi connectivity index (χ3n) is 3.61. The van der Waals surface area contributed by atoms with Gasteiger partial charge in [-0.2, -0.15) is 0 Å². The minimum atomic E-state index is 0.211. The van der Waals surface area contributed by atoms with Crippen LogP contribution in [0, 0.1) is 6.92 Å². The normalized spacial score (nSPS) is 12.2. The molecular weight excluding hydrogens is 278 g/mol. The molecule has 0 amide bonds. The van der Waals surface area contributed by atoms with Crippen molar-refractivity contribution in [3.8, 4) is 5.75 Å². The van der Waals surface area contributed by atoms with Crippen LogP contribution in [0.2, 0.25) is 0 Å². The van der Waals surface area contributed by atoms with Crippen molar-refractivity contribution in [2.24, 2.45) is 0 Å². The predicted octanol–water partition coefficient (Wildman–Crippen LogP) is 4.42. The number of nitrogens with one attached hydrogen (secondary N) is 1. The highest BCUT2D eigenvalue weighted by Gasteiger charge is 2.17. The second-order valence-electron chi connectivity index (χ2n) is 4.96. The first-order valence-corrected chi connectivity index (χ1v) is 8.44. The third-order valence-corrected chi connectivity index (χ3v) is 4.42. The van der Waals surface area contributed by atoms with Gasteiger partial charge < -0.3 is 10.1 Å². The highest BCUT2D eigenvalue weighted by molar-refractivity contribution is 7.98. The molecule has 1 unspecified atom stereocenters. The Bertz CT molecular complexity index is 598. The quantitative estimate of drug-likeness (QED) is 0.798. The van der Waals surface area contributed by atoms with Gasteiger partial charge >= 0.3 is 0 Å². The van der Waals surface area contributed by atoms with E-state index in [4.69, 9.17) is 4.74 Å². The lowest BCUT2D eigenvalue weighted by Crippen LogP contribution is -2.22. The lowest BCUT2D eigenvalue weighted by Gasteiger charge is -2.22. The summed E-state index contributed by atoms with van der Waals surface area (Å²) in [5.41, 5.74) is 3.77. The average molecular weight is 301 g/mol. The summed E-state index contributed by atoms with van der Waals surface area (Å²) in [5, 5.41) is 3.60. The Morgan fingerprint density at radius 3 is 2.57 bits per heavy atom. The van der Waals surface area contributed by atoms with Crippen LogP contribution in [0.3, 0.4) is 0 Å². The van der Waals surface area contributed by atoms with Gasteiger partial charge in [0, 0.05) is 4.90 Å². The van der Waals surface area contributed by atoms with E-state index in [2.05, 4.69) is 67.9 Å². The van der Waals surface area contributed by atoms with Gasteiger partial charge in [-0.05, 0) is 48.5 Å². The molecule has 21 heavy (non-hydrogen) atoms. The van der Waals surface area contributed by atoms with Crippen molar-refractivity contribution < 1.29 is 4.74 Å². The van der Waals surface area contributed by atoms with E-state index in [-0.39, 0.29) is 6.04 Å². The zero-order valence-electron chi connectivity index (χ0n) is 13.1. The van der Waals surface area contributed by atoms with Crippen molar-refractivity contribution in [1.29, 1.82) is 0 Å². The SMILES string of the molecule is CCNC(c1ccc(OC)c(C)c1)c1ccccc1SC. The molecule has 2 nitrogen and oxygen atoms in total. The summed E-state index contributed by atoms with van der Waals surface area (Å²) in [4.78, 5) is 1.32. The van der Waals surface area contributed by atoms with Crippen molar-refractivity contribution in [1.82, 2.24) is 5.32 Å². The fraction of sp³-hybridized carbons (Fsp3) is 0.333. The Labute approximate surface area is 131 Å². The highest BCUT2D eigenvalue weighted by Crippen LogP contribution is 2.32. The number of benzene rings is 2. The van der Waals surface area contributed by atoms with Crippen LogP contribution in [0.5, 0.6) is 5.75 Å². The Kier molecular flexibility index (Phi) is 5.71. The summed E-state index contributed by atoms with van der Waals surface area (Å²) in [6.45, 7) is 5.16. The second-order valence-corrected chi connectivity index (χ2v) is 5.81. The van der Waals surface area contributed by atoms with Crippen molar-refractivity contribution in [3.63, 3.8) is 0 Å². The summed E-state index contributed by atoms with van der Waals surface area (Å²) in [5.74, 6) is 0.937. The summed E-state index contributed by atoms with van der Waals surface area (Å²) in [6, 6.07) is 15.2. The molecule has 0 fully saturated rings. The van der Waals surface area contributed by atoms with E-state index in [1.165, 1.54) is 21.6 Å². The molecule has 1 N–H and O–H groups in total. The van der Waals surface area contributed by atoms with E-state index in [1.807, 2.05) is 0 Å². The van der Waals surface area contributed by atoms with Gasteiger partial charge in [0.15, 0.2) is 0 Å². The van der Waals surface area contributed by atoms with Crippen molar-refractivity contribution in [2.75, 3.05) is 19.9 Å². The lowest BCUT2D eigenvalue weighted by atomic mass is 9.97. The predicted molar refractivity (Wildman–Crippen MR) is 91.5 cm³/mol. The maximum atomic E-state index is 5.37. The number of hydrogen-bond donors (Lipinski definition) is 1. The van der Waals surface area contributed by atoms with Gasteiger partial charge in [-0.1, -0.05) is 37.3 Å². The second kappa shape index (κ2) is 7.53. The van der Waals surface area contributed by atoms with Crippen LogP contribution < -0.4 is 10.1 Å². The number of methoxy groups -OCH3 is 1. The Balaban J connectivity index is 2.45. The molecule has 0 saturated carbocycles. The Hall–Kier alpha value is -1.45. The number of ether oxygens (including phenoxy) is 1. The smallest absolute Gasteiger partial charge is 0.121 e. The van der Waals surface area contributed by atoms with E-state index in [9.17, 15) is 0 Å². The maximum Gasteiger partial charge on any atom is 0.121 e. The van der Waals surface area contributed by atoms with Crippen LogP contribution >= 0.6 is 11.8 Å². The number of rotatable bonds is 6. The summed E-state index contributed by atoms with van der Waals surface area (Å²) in [7, 11) is 1.72. The molecule has 0 heterocycles. The summed E-state index contributed by atoms with van der Waals surface area (Å²) in [6.07, 6.45) is 2.13. The van der Waals surface area contributed by atoms with Crippen molar-refractivity contribution in [3.05, 3.63) is 59.2 Å². The molecule has 0 aliphatic rings. The maximum absolute atomic E-state index is 5.37. The van der Waals surface area contributed by atoms with E-state index in [1.54, 1.807) is 18.9 Å². The van der Waals surface area contributed by atoms with E-state index in [0.29, 0.717) is 0 Å². The molecule has 0 radical (unpaired) electrons. The van der Waals surface area contributed by atoms with E-state index >= 15 is 0 Å². The molecule has 0 saturated heterocycles. The topological polar surface area (TPSA) is 21.3 Å². The molecule has 2 rings (SSSR count). The molecule has 0 bridgehead atoms. The van der Waals surface area contributed by atoms with Crippen LogP contribution in [0.4, 0.5) is 0 Å². The van der Waals surface area contributed by atoms with Gasteiger partial charge in [0.1, 0.15) is 5.75 Å². The Morgan fingerprint density at radius 2 is 1.95 bits per heavy atom. The van der Waals surface area contributed by atoms with E-state index in [0.717, 1.165) is 12.3 Å². The first-order chi connectivity index (χ1) is 10.2. The van der Waals surface area contributed by atoms with Gasteiger partial charge in [-0.25, -0.2) is 0 Å². The van der Waals surface area contributed by atoms with Gasteiger partial charge in [0.05, 0.1) is 13.2 Å². The van der Waals surface area contributed by atoms with Crippen LogP contribution in [0.25, 0.3) is 0 Å². The minimum absolute atomic E-state index is 0.211. The number of hydrogen-bond acceptors (Lipinski definition) is 3. The van der Waals surface area contributed by atoms with Crippen LogP contribution in [-0.2, 0) is 0 Å². The van der Waals surface area contributed by atoms with Gasteiger partial charge in [-0.15, -0.1) is 11.8 Å². The molecule has 0 spiro atoms. The average Bonchev–Trinajstić information content (AvgIpc) is 2.52. The summed E-state index contributed by atoms with van der Waals surface area (Å²) >= 11 is 1.79. The van der Waals surface area contributed by atoms with Gasteiger partial charge in [0.2, 0.25) is 0 Å². The first kappa shape index (κ1) is 15.9. The standard InChI is InChI=1S/C18H23NOS/c1-5-19-18(15-8-6-7-9-17(15)21-4)14-10-11-16(20-3)13(2)12-14/h6-12,18-19H,5H2,1-4H3. The molecule has 3 heteroatoms. The summed E-state index contributed by atoms with van der Waals surface area (Å²) < 4.78 is 5.37. The zero-order valence-corrected chi connectivity index (χ0v) is 14.0. The molecule has 2 aromatic carbocycles. The molecule has 2 aromatic rings. The monoisotopic (exact) mass is 301 g/mol. The molecular formula is C18H23NOS. The molecule has 112 valence electrons. The molecule has 0 aliphatic carbocycles. The molecule has 1 atom stereocenters. The van der Waals surface area contributed by atoms with Crippen LogP contribution in [-0.4, -0.2) is 19.9 Å². The number of aryl methyl sites for hydroxylation is 1. The molecule has 0 aliphatic heterocycles. The first-order valence-electron chi connectivity index (χ1n) is 7.22. The van der Waals surface area contributed by atoms with Crippen molar-refractivity contribution in [2.45, 2.75) is 24.8 Å².